The number of quaternary nitrogens is 1. The Morgan fingerprint density at radius 3 is 2.70 bits per heavy atom. The van der Waals surface area contributed by atoms with Crippen molar-refractivity contribution in [3.8, 4) is 0 Å². The Balaban J connectivity index is 1.50. The Hall–Kier alpha value is -1.91. The van der Waals surface area contributed by atoms with Gasteiger partial charge in [-0.15, -0.1) is 11.3 Å². The lowest BCUT2D eigenvalue weighted by molar-refractivity contribution is -0.917. The minimum atomic E-state index is 0.133. The molecule has 0 aliphatic carbocycles. The molecular weight excluding hydrogens is 304 g/mol. The van der Waals surface area contributed by atoms with Crippen molar-refractivity contribution in [2.24, 2.45) is 0 Å². The Labute approximate surface area is 141 Å². The predicted molar refractivity (Wildman–Crippen MR) is 95.5 cm³/mol. The molecular formula is C19H23N2OS+. The van der Waals surface area contributed by atoms with Crippen LogP contribution in [-0.4, -0.2) is 37.0 Å². The molecule has 1 fully saturated rings. The van der Waals surface area contributed by atoms with E-state index < -0.39 is 0 Å². The molecule has 3 nitrogen and oxygen atoms in total. The van der Waals surface area contributed by atoms with Crippen molar-refractivity contribution in [2.75, 3.05) is 26.2 Å². The van der Waals surface area contributed by atoms with Gasteiger partial charge in [-0.25, -0.2) is 0 Å². The Morgan fingerprint density at radius 1 is 1.22 bits per heavy atom. The van der Waals surface area contributed by atoms with E-state index in [1.807, 2.05) is 28.5 Å². The van der Waals surface area contributed by atoms with Crippen molar-refractivity contribution in [2.45, 2.75) is 13.5 Å². The quantitative estimate of drug-likeness (QED) is 0.854. The maximum atomic E-state index is 12.2. The lowest BCUT2D eigenvalue weighted by Gasteiger charge is -2.32. The minimum Gasteiger partial charge on any atom is -0.328 e. The summed E-state index contributed by atoms with van der Waals surface area (Å²) in [5, 5.41) is 2.03. The first-order chi connectivity index (χ1) is 11.2. The van der Waals surface area contributed by atoms with Crippen LogP contribution in [0.4, 0.5) is 0 Å². The first-order valence-electron chi connectivity index (χ1n) is 8.11. The molecule has 1 aliphatic rings. The molecule has 1 amide bonds. The van der Waals surface area contributed by atoms with E-state index in [4.69, 9.17) is 0 Å². The maximum absolute atomic E-state index is 12.2. The third-order valence-corrected chi connectivity index (χ3v) is 5.25. The molecule has 120 valence electrons. The SMILES string of the molecule is Cc1ccccc1C[NH+]1CCN(C(=O)/C=C/c2cccs2)CC1. The zero-order chi connectivity index (χ0) is 16.1. The number of carbonyl (C=O) groups excluding carboxylic acids is 1. The molecule has 1 saturated heterocycles. The van der Waals surface area contributed by atoms with Crippen molar-refractivity contribution >= 4 is 23.3 Å². The van der Waals surface area contributed by atoms with Gasteiger partial charge < -0.3 is 9.80 Å². The third-order valence-electron chi connectivity index (χ3n) is 4.42. The molecule has 23 heavy (non-hydrogen) atoms. The second-order valence-corrected chi connectivity index (χ2v) is 7.01. The first kappa shape index (κ1) is 16.0. The molecule has 1 aromatic heterocycles. The van der Waals surface area contributed by atoms with Gasteiger partial charge in [0.05, 0.1) is 26.2 Å². The maximum Gasteiger partial charge on any atom is 0.247 e. The molecule has 3 rings (SSSR count). The van der Waals surface area contributed by atoms with E-state index in [-0.39, 0.29) is 5.91 Å². The van der Waals surface area contributed by atoms with Gasteiger partial charge in [0.2, 0.25) is 5.91 Å². The van der Waals surface area contributed by atoms with Crippen molar-refractivity contribution in [3.05, 3.63) is 63.9 Å². The van der Waals surface area contributed by atoms with Crippen LogP contribution in [-0.2, 0) is 11.3 Å². The Bertz CT molecular complexity index is 670. The monoisotopic (exact) mass is 327 g/mol. The number of rotatable bonds is 4. The summed E-state index contributed by atoms with van der Waals surface area (Å²) >= 11 is 1.65. The molecule has 0 bridgehead atoms. The summed E-state index contributed by atoms with van der Waals surface area (Å²) in [6.07, 6.45) is 3.62. The van der Waals surface area contributed by atoms with Gasteiger partial charge in [-0.2, -0.15) is 0 Å². The number of hydrogen-bond donors (Lipinski definition) is 1. The first-order valence-corrected chi connectivity index (χ1v) is 8.99. The fourth-order valence-electron chi connectivity index (χ4n) is 2.94. The number of carbonyl (C=O) groups is 1. The van der Waals surface area contributed by atoms with Crippen LogP contribution in [0.25, 0.3) is 6.08 Å². The predicted octanol–water partition coefficient (Wildman–Crippen LogP) is 2.00. The summed E-state index contributed by atoms with van der Waals surface area (Å²) in [5.41, 5.74) is 2.78. The second kappa shape index (κ2) is 7.57. The smallest absolute Gasteiger partial charge is 0.247 e. The topological polar surface area (TPSA) is 24.8 Å². The van der Waals surface area contributed by atoms with Crippen molar-refractivity contribution in [1.29, 1.82) is 0 Å². The van der Waals surface area contributed by atoms with Crippen molar-refractivity contribution < 1.29 is 9.69 Å². The fourth-order valence-corrected chi connectivity index (χ4v) is 3.56. The zero-order valence-corrected chi connectivity index (χ0v) is 14.3. The largest absolute Gasteiger partial charge is 0.328 e. The second-order valence-electron chi connectivity index (χ2n) is 6.03. The molecule has 0 unspecified atom stereocenters. The van der Waals surface area contributed by atoms with Gasteiger partial charge in [-0.3, -0.25) is 4.79 Å². The Morgan fingerprint density at radius 2 is 2.00 bits per heavy atom. The number of thiophene rings is 1. The number of nitrogens with zero attached hydrogens (tertiary/aromatic N) is 1. The molecule has 0 saturated carbocycles. The molecule has 1 N–H and O–H groups in total. The standard InChI is InChI=1S/C19H22N2OS/c1-16-5-2-3-6-17(16)15-20-10-12-21(13-11-20)19(22)9-8-18-7-4-14-23-18/h2-9,14H,10-13,15H2,1H3/p+1/b9-8+. The summed E-state index contributed by atoms with van der Waals surface area (Å²) in [5.74, 6) is 0.133. The highest BCUT2D eigenvalue weighted by molar-refractivity contribution is 7.10. The molecule has 2 heterocycles. The molecule has 0 atom stereocenters. The van der Waals surface area contributed by atoms with Gasteiger partial charge in [0, 0.05) is 16.5 Å². The number of aryl methyl sites for hydroxylation is 1. The van der Waals surface area contributed by atoms with Crippen molar-refractivity contribution in [1.82, 2.24) is 4.90 Å². The molecule has 0 spiro atoms. The third kappa shape index (κ3) is 4.30. The number of nitrogens with one attached hydrogen (secondary N) is 1. The lowest BCUT2D eigenvalue weighted by Crippen LogP contribution is -3.13. The van der Waals surface area contributed by atoms with Gasteiger partial charge in [-0.1, -0.05) is 30.3 Å². The molecule has 0 radical (unpaired) electrons. The van der Waals surface area contributed by atoms with E-state index in [9.17, 15) is 4.79 Å². The van der Waals surface area contributed by atoms with E-state index in [0.717, 1.165) is 37.6 Å². The average molecular weight is 327 g/mol. The van der Waals surface area contributed by atoms with E-state index in [1.165, 1.54) is 11.1 Å². The molecule has 4 heteroatoms. The van der Waals surface area contributed by atoms with Crippen LogP contribution in [0.15, 0.2) is 47.9 Å². The summed E-state index contributed by atoms with van der Waals surface area (Å²) < 4.78 is 0. The highest BCUT2D eigenvalue weighted by atomic mass is 32.1. The molecule has 1 aromatic carbocycles. The Kier molecular flexibility index (Phi) is 5.26. The van der Waals surface area contributed by atoms with Crippen molar-refractivity contribution in [3.63, 3.8) is 0 Å². The highest BCUT2D eigenvalue weighted by Gasteiger charge is 2.22. The van der Waals surface area contributed by atoms with Crippen LogP contribution < -0.4 is 4.90 Å². The minimum absolute atomic E-state index is 0.133. The number of amides is 1. The van der Waals surface area contributed by atoms with Crippen LogP contribution in [0.5, 0.6) is 0 Å². The summed E-state index contributed by atoms with van der Waals surface area (Å²) in [6.45, 7) is 6.95. The molecule has 1 aliphatic heterocycles. The van der Waals surface area contributed by atoms with E-state index in [2.05, 4.69) is 31.2 Å². The van der Waals surface area contributed by atoms with Gasteiger partial charge in [0.15, 0.2) is 0 Å². The van der Waals surface area contributed by atoms with Gasteiger partial charge >= 0.3 is 0 Å². The van der Waals surface area contributed by atoms with E-state index >= 15 is 0 Å². The van der Waals surface area contributed by atoms with Crippen LogP contribution in [0.2, 0.25) is 0 Å². The lowest BCUT2D eigenvalue weighted by atomic mass is 10.1. The van der Waals surface area contributed by atoms with Gasteiger partial charge in [-0.05, 0) is 30.0 Å². The fraction of sp³-hybridized carbons (Fsp3) is 0.316. The number of piperazine rings is 1. The van der Waals surface area contributed by atoms with Gasteiger partial charge in [0.1, 0.15) is 6.54 Å². The summed E-state index contributed by atoms with van der Waals surface area (Å²) in [6, 6.07) is 12.6. The summed E-state index contributed by atoms with van der Waals surface area (Å²) in [4.78, 5) is 16.9. The highest BCUT2D eigenvalue weighted by Crippen LogP contribution is 2.10. The van der Waals surface area contributed by atoms with Crippen LogP contribution in [0.1, 0.15) is 16.0 Å². The van der Waals surface area contributed by atoms with Crippen LogP contribution >= 0.6 is 11.3 Å². The van der Waals surface area contributed by atoms with E-state index in [0.29, 0.717) is 0 Å². The molecule has 2 aromatic rings. The van der Waals surface area contributed by atoms with Crippen LogP contribution in [0, 0.1) is 6.92 Å². The average Bonchev–Trinajstić information content (AvgIpc) is 3.09. The zero-order valence-electron chi connectivity index (χ0n) is 13.5. The van der Waals surface area contributed by atoms with E-state index in [1.54, 1.807) is 22.3 Å². The van der Waals surface area contributed by atoms with Crippen LogP contribution in [0.3, 0.4) is 0 Å². The number of benzene rings is 1. The van der Waals surface area contributed by atoms with Gasteiger partial charge in [0.25, 0.3) is 0 Å². The number of hydrogen-bond acceptors (Lipinski definition) is 2. The summed E-state index contributed by atoms with van der Waals surface area (Å²) in [7, 11) is 0. The normalized spacial score (nSPS) is 16.1.